The van der Waals surface area contributed by atoms with Crippen LogP contribution in [0.5, 0.6) is 0 Å². The fraction of sp³-hybridized carbons (Fsp3) is 0.600. The number of aliphatic hydroxyl groups is 1. The third kappa shape index (κ3) is 4.11. The number of likely N-dealkylation sites (tertiary alicyclic amines) is 1. The Morgan fingerprint density at radius 3 is 2.29 bits per heavy atom. The van der Waals surface area contributed by atoms with Crippen LogP contribution < -0.4 is 0 Å². The number of nitrogens with zero attached hydrogens (tertiary/aromatic N) is 1. The lowest BCUT2D eigenvalue weighted by atomic mass is 9.39. The Kier molecular flexibility index (Phi) is 6.59. The van der Waals surface area contributed by atoms with Gasteiger partial charge in [0.15, 0.2) is 0 Å². The number of carbonyl (C=O) groups excluding carboxylic acids is 2. The highest BCUT2D eigenvalue weighted by Gasteiger charge is 2.76. The molecule has 0 radical (unpaired) electrons. The van der Waals surface area contributed by atoms with Crippen LogP contribution in [-0.2, 0) is 9.47 Å². The van der Waals surface area contributed by atoms with Crippen LogP contribution in [0.4, 0.5) is 0 Å². The molecule has 2 aromatic rings. The van der Waals surface area contributed by atoms with Gasteiger partial charge in [-0.1, -0.05) is 56.7 Å². The van der Waals surface area contributed by atoms with Crippen molar-refractivity contribution in [1.82, 2.24) is 4.90 Å². The Bertz CT molecular complexity index is 1300. The molecule has 1 spiro atoms. The predicted molar refractivity (Wildman–Crippen MR) is 155 cm³/mol. The van der Waals surface area contributed by atoms with Gasteiger partial charge in [0.1, 0.15) is 12.7 Å². The van der Waals surface area contributed by atoms with Crippen molar-refractivity contribution in [2.24, 2.45) is 39.9 Å². The number of hydrogen-bond donors (Lipinski definition) is 1. The molecule has 1 saturated heterocycles. The smallest absolute Gasteiger partial charge is 0.338 e. The largest absolute Gasteiger partial charge is 0.461 e. The predicted octanol–water partition coefficient (Wildman–Crippen LogP) is 5.60. The second kappa shape index (κ2) is 9.95. The quantitative estimate of drug-likeness (QED) is 0.466. The Morgan fingerprint density at radius 2 is 1.61 bits per heavy atom. The fourth-order valence-corrected chi connectivity index (χ4v) is 10.7. The van der Waals surface area contributed by atoms with Gasteiger partial charge in [0.05, 0.1) is 17.2 Å². The highest BCUT2D eigenvalue weighted by atomic mass is 16.5. The molecule has 0 amide bonds. The van der Waals surface area contributed by atoms with E-state index in [4.69, 9.17) is 9.47 Å². The molecule has 2 aromatic carbocycles. The molecule has 0 aromatic heterocycles. The summed E-state index contributed by atoms with van der Waals surface area (Å²) < 4.78 is 12.2. The number of carbonyl (C=O) groups is 2. The van der Waals surface area contributed by atoms with Gasteiger partial charge in [-0.25, -0.2) is 9.59 Å². The van der Waals surface area contributed by atoms with E-state index < -0.39 is 6.10 Å². The van der Waals surface area contributed by atoms with E-state index >= 15 is 0 Å². The minimum Gasteiger partial charge on any atom is -0.461 e. The van der Waals surface area contributed by atoms with Gasteiger partial charge in [0, 0.05) is 25.0 Å². The average Bonchev–Trinajstić information content (AvgIpc) is 3.50. The van der Waals surface area contributed by atoms with Crippen LogP contribution in [0.25, 0.3) is 0 Å². The van der Waals surface area contributed by atoms with Crippen molar-refractivity contribution in [3.05, 3.63) is 71.8 Å². The van der Waals surface area contributed by atoms with Gasteiger partial charge >= 0.3 is 11.9 Å². The number of rotatable bonds is 6. The Hall–Kier alpha value is -2.70. The number of esters is 2. The summed E-state index contributed by atoms with van der Waals surface area (Å²) in [6.45, 7) is 7.66. The Balaban J connectivity index is 1.16. The van der Waals surface area contributed by atoms with Crippen LogP contribution in [0.1, 0.15) is 73.1 Å². The second-order valence-electron chi connectivity index (χ2n) is 14.2. The van der Waals surface area contributed by atoms with Gasteiger partial charge in [-0.05, 0) is 90.9 Å². The fourth-order valence-electron chi connectivity index (χ4n) is 10.7. The van der Waals surface area contributed by atoms with E-state index in [9.17, 15) is 14.7 Å². The van der Waals surface area contributed by atoms with E-state index in [0.29, 0.717) is 35.5 Å². The van der Waals surface area contributed by atoms with Crippen molar-refractivity contribution in [1.29, 1.82) is 0 Å². The molecule has 9 atom stereocenters. The summed E-state index contributed by atoms with van der Waals surface area (Å²) in [5.74, 6) is 0.934. The van der Waals surface area contributed by atoms with Crippen LogP contribution in [0.2, 0.25) is 0 Å². The highest BCUT2D eigenvalue weighted by molar-refractivity contribution is 5.89. The number of aliphatic hydroxyl groups excluding tert-OH is 1. The van der Waals surface area contributed by atoms with Gasteiger partial charge in [-0.3, -0.25) is 4.90 Å². The third-order valence-electron chi connectivity index (χ3n) is 12.3. The summed E-state index contributed by atoms with van der Waals surface area (Å²) in [7, 11) is 0. The highest BCUT2D eigenvalue weighted by Crippen LogP contribution is 2.76. The molecular weight excluding hydrogens is 514 g/mol. The SMILES string of the molecule is CC1C2CC3C45CCCC(C)(CN(CCOC(=O)c6ccccc6)C4)C5CC(OC(=O)c4ccccc4)C3(C2)C1O. The molecule has 6 heteroatoms. The zero-order chi connectivity index (χ0) is 28.4. The van der Waals surface area contributed by atoms with Gasteiger partial charge in [0.25, 0.3) is 0 Å². The van der Waals surface area contributed by atoms with Crippen LogP contribution in [-0.4, -0.2) is 60.4 Å². The van der Waals surface area contributed by atoms with E-state index in [1.54, 1.807) is 12.1 Å². The van der Waals surface area contributed by atoms with E-state index in [0.717, 1.165) is 51.7 Å². The summed E-state index contributed by atoms with van der Waals surface area (Å²) in [4.78, 5) is 28.6. The minimum atomic E-state index is -0.453. The minimum absolute atomic E-state index is 0.0835. The first kappa shape index (κ1) is 27.2. The molecule has 41 heavy (non-hydrogen) atoms. The maximum atomic E-state index is 13.4. The first-order valence-electron chi connectivity index (χ1n) is 15.7. The second-order valence-corrected chi connectivity index (χ2v) is 14.2. The van der Waals surface area contributed by atoms with Crippen LogP contribution >= 0.6 is 0 Å². The van der Waals surface area contributed by atoms with E-state index in [-0.39, 0.29) is 40.2 Å². The summed E-state index contributed by atoms with van der Waals surface area (Å²) in [6.07, 6.45) is 5.70. The molecule has 1 N–H and O–H groups in total. The van der Waals surface area contributed by atoms with Crippen molar-refractivity contribution < 1.29 is 24.2 Å². The van der Waals surface area contributed by atoms with E-state index in [2.05, 4.69) is 18.7 Å². The monoisotopic (exact) mass is 557 g/mol. The van der Waals surface area contributed by atoms with Crippen molar-refractivity contribution in [3.63, 3.8) is 0 Å². The lowest BCUT2D eigenvalue weighted by molar-refractivity contribution is -0.249. The molecule has 5 aliphatic rings. The number of ether oxygens (including phenoxy) is 2. The van der Waals surface area contributed by atoms with E-state index in [1.807, 2.05) is 48.5 Å². The molecular formula is C35H43NO5. The molecule has 4 bridgehead atoms. The van der Waals surface area contributed by atoms with Crippen molar-refractivity contribution >= 4 is 11.9 Å². The molecule has 6 nitrogen and oxygen atoms in total. The molecule has 9 unspecified atom stereocenters. The van der Waals surface area contributed by atoms with Crippen molar-refractivity contribution in [2.45, 2.75) is 64.6 Å². The van der Waals surface area contributed by atoms with Gasteiger partial charge < -0.3 is 14.6 Å². The molecule has 1 aliphatic heterocycles. The molecule has 5 fully saturated rings. The van der Waals surface area contributed by atoms with Crippen molar-refractivity contribution in [3.8, 4) is 0 Å². The van der Waals surface area contributed by atoms with E-state index in [1.165, 1.54) is 6.42 Å². The van der Waals surface area contributed by atoms with Crippen LogP contribution in [0, 0.1) is 39.9 Å². The Morgan fingerprint density at radius 1 is 0.927 bits per heavy atom. The van der Waals surface area contributed by atoms with Crippen LogP contribution in [0.3, 0.4) is 0 Å². The summed E-state index contributed by atoms with van der Waals surface area (Å²) >= 11 is 0. The molecule has 218 valence electrons. The van der Waals surface area contributed by atoms with Gasteiger partial charge in [-0.15, -0.1) is 0 Å². The molecule has 4 aliphatic carbocycles. The lowest BCUT2D eigenvalue weighted by Gasteiger charge is -2.70. The molecule has 1 heterocycles. The normalized spacial score (nSPS) is 40.9. The van der Waals surface area contributed by atoms with Crippen LogP contribution in [0.15, 0.2) is 60.7 Å². The number of piperidine rings is 1. The first-order chi connectivity index (χ1) is 19.8. The van der Waals surface area contributed by atoms with Gasteiger partial charge in [-0.2, -0.15) is 0 Å². The standard InChI is InChI=1S/C35H43NO5/c1-23-26-18-28-34-15-9-14-33(2,21-36(22-34)16-17-40-31(38)24-10-5-3-6-11-24)27(34)19-29(35(28,20-26)30(23)37)41-32(39)25-12-7-4-8-13-25/h3-8,10-13,23,26-30,37H,9,14-22H2,1-2H3. The zero-order valence-corrected chi connectivity index (χ0v) is 24.3. The number of fused-ring (bicyclic) bond motifs is 1. The zero-order valence-electron chi connectivity index (χ0n) is 24.3. The van der Waals surface area contributed by atoms with Crippen molar-refractivity contribution in [2.75, 3.05) is 26.2 Å². The lowest BCUT2D eigenvalue weighted by Crippen LogP contribution is -2.71. The third-order valence-corrected chi connectivity index (χ3v) is 12.3. The first-order valence-corrected chi connectivity index (χ1v) is 15.7. The van der Waals surface area contributed by atoms with Gasteiger partial charge in [0.2, 0.25) is 0 Å². The molecule has 4 saturated carbocycles. The number of benzene rings is 2. The maximum absolute atomic E-state index is 13.4. The molecule has 7 rings (SSSR count). The Labute approximate surface area is 243 Å². The summed E-state index contributed by atoms with van der Waals surface area (Å²) in [6, 6.07) is 18.5. The topological polar surface area (TPSA) is 76.1 Å². The summed E-state index contributed by atoms with van der Waals surface area (Å²) in [5.41, 5.74) is 0.968. The average molecular weight is 558 g/mol. The summed E-state index contributed by atoms with van der Waals surface area (Å²) in [5, 5.41) is 11.9. The maximum Gasteiger partial charge on any atom is 0.338 e. The number of hydrogen-bond acceptors (Lipinski definition) is 6.